The van der Waals surface area contributed by atoms with Gasteiger partial charge in [0.1, 0.15) is 12.4 Å². The van der Waals surface area contributed by atoms with Gasteiger partial charge in [0.25, 0.3) is 0 Å². The van der Waals surface area contributed by atoms with Crippen LogP contribution in [0.3, 0.4) is 0 Å². The van der Waals surface area contributed by atoms with Crippen molar-refractivity contribution in [1.29, 1.82) is 0 Å². The monoisotopic (exact) mass is 284 g/mol. The molecular weight excluding hydrogens is 264 g/mol. The summed E-state index contributed by atoms with van der Waals surface area (Å²) < 4.78 is 5.51. The SMILES string of the molecule is Cl.O=C(NCCOc1ccccc1)[C@@H]1CCCCN1. The lowest BCUT2D eigenvalue weighted by Gasteiger charge is -2.22. The van der Waals surface area contributed by atoms with E-state index >= 15 is 0 Å². The van der Waals surface area contributed by atoms with Gasteiger partial charge in [0, 0.05) is 0 Å². The van der Waals surface area contributed by atoms with Gasteiger partial charge in [-0.1, -0.05) is 24.6 Å². The largest absolute Gasteiger partial charge is 0.492 e. The van der Waals surface area contributed by atoms with Crippen LogP contribution in [0, 0.1) is 0 Å². The molecule has 106 valence electrons. The number of carbonyl (C=O) groups is 1. The van der Waals surface area contributed by atoms with Crippen molar-refractivity contribution in [2.24, 2.45) is 0 Å². The van der Waals surface area contributed by atoms with E-state index in [4.69, 9.17) is 4.74 Å². The molecule has 1 aliphatic rings. The maximum absolute atomic E-state index is 11.8. The maximum Gasteiger partial charge on any atom is 0.237 e. The fraction of sp³-hybridized carbons (Fsp3) is 0.500. The molecule has 1 aliphatic heterocycles. The lowest BCUT2D eigenvalue weighted by atomic mass is 10.0. The Morgan fingerprint density at radius 3 is 2.79 bits per heavy atom. The Labute approximate surface area is 120 Å². The molecule has 1 aromatic carbocycles. The third-order valence-electron chi connectivity index (χ3n) is 3.04. The van der Waals surface area contributed by atoms with Crippen molar-refractivity contribution in [2.75, 3.05) is 19.7 Å². The van der Waals surface area contributed by atoms with Crippen molar-refractivity contribution in [3.05, 3.63) is 30.3 Å². The highest BCUT2D eigenvalue weighted by molar-refractivity contribution is 5.85. The highest BCUT2D eigenvalue weighted by Gasteiger charge is 2.19. The van der Waals surface area contributed by atoms with Crippen LogP contribution in [0.5, 0.6) is 5.75 Å². The van der Waals surface area contributed by atoms with Gasteiger partial charge in [0.2, 0.25) is 5.91 Å². The molecule has 19 heavy (non-hydrogen) atoms. The lowest BCUT2D eigenvalue weighted by Crippen LogP contribution is -2.47. The van der Waals surface area contributed by atoms with E-state index in [9.17, 15) is 4.79 Å². The molecule has 0 radical (unpaired) electrons. The average molecular weight is 285 g/mol. The Morgan fingerprint density at radius 1 is 1.32 bits per heavy atom. The molecule has 1 heterocycles. The van der Waals surface area contributed by atoms with Crippen molar-refractivity contribution < 1.29 is 9.53 Å². The van der Waals surface area contributed by atoms with Crippen molar-refractivity contribution in [1.82, 2.24) is 10.6 Å². The first-order valence-corrected chi connectivity index (χ1v) is 6.55. The van der Waals surface area contributed by atoms with Crippen LogP contribution in [0.4, 0.5) is 0 Å². The Morgan fingerprint density at radius 2 is 2.11 bits per heavy atom. The molecule has 1 amide bonds. The molecule has 0 aromatic heterocycles. The van der Waals surface area contributed by atoms with Gasteiger partial charge >= 0.3 is 0 Å². The molecule has 4 nitrogen and oxygen atoms in total. The van der Waals surface area contributed by atoms with E-state index in [1.54, 1.807) is 0 Å². The molecular formula is C14H21ClN2O2. The molecule has 2 N–H and O–H groups in total. The van der Waals surface area contributed by atoms with E-state index in [1.165, 1.54) is 6.42 Å². The fourth-order valence-electron chi connectivity index (χ4n) is 2.06. The van der Waals surface area contributed by atoms with Crippen LogP contribution in [0.15, 0.2) is 30.3 Å². The van der Waals surface area contributed by atoms with Crippen LogP contribution in [-0.2, 0) is 4.79 Å². The Kier molecular flexibility index (Phi) is 7.30. The molecule has 0 spiro atoms. The van der Waals surface area contributed by atoms with E-state index in [0.717, 1.165) is 25.1 Å². The zero-order valence-corrected chi connectivity index (χ0v) is 11.7. The van der Waals surface area contributed by atoms with E-state index < -0.39 is 0 Å². The van der Waals surface area contributed by atoms with Crippen LogP contribution in [0.25, 0.3) is 0 Å². The Hall–Kier alpha value is -1.26. The number of halogens is 1. The minimum atomic E-state index is -0.0181. The van der Waals surface area contributed by atoms with Crippen LogP contribution in [0.2, 0.25) is 0 Å². The first-order chi connectivity index (χ1) is 8.86. The topological polar surface area (TPSA) is 50.4 Å². The minimum absolute atomic E-state index is 0. The molecule has 1 saturated heterocycles. The third-order valence-corrected chi connectivity index (χ3v) is 3.04. The number of rotatable bonds is 5. The molecule has 5 heteroatoms. The summed E-state index contributed by atoms with van der Waals surface area (Å²) in [6.07, 6.45) is 3.23. The predicted molar refractivity (Wildman–Crippen MR) is 77.8 cm³/mol. The van der Waals surface area contributed by atoms with E-state index in [0.29, 0.717) is 13.2 Å². The Bertz CT molecular complexity index is 367. The number of piperidine rings is 1. The summed E-state index contributed by atoms with van der Waals surface area (Å²) in [6, 6.07) is 9.61. The summed E-state index contributed by atoms with van der Waals surface area (Å²) in [5, 5.41) is 6.12. The number of carbonyl (C=O) groups excluding carboxylic acids is 1. The molecule has 0 unspecified atom stereocenters. The molecule has 1 atom stereocenters. The van der Waals surface area contributed by atoms with Gasteiger partial charge in [-0.3, -0.25) is 4.79 Å². The zero-order chi connectivity index (χ0) is 12.6. The molecule has 0 saturated carbocycles. The van der Waals surface area contributed by atoms with Crippen LogP contribution in [0.1, 0.15) is 19.3 Å². The van der Waals surface area contributed by atoms with Gasteiger partial charge in [-0.15, -0.1) is 12.4 Å². The first kappa shape index (κ1) is 15.8. The lowest BCUT2D eigenvalue weighted by molar-refractivity contribution is -0.123. The van der Waals surface area contributed by atoms with Crippen LogP contribution >= 0.6 is 12.4 Å². The number of hydrogen-bond donors (Lipinski definition) is 2. The first-order valence-electron chi connectivity index (χ1n) is 6.55. The highest BCUT2D eigenvalue weighted by atomic mass is 35.5. The average Bonchev–Trinajstić information content (AvgIpc) is 2.45. The number of nitrogens with one attached hydrogen (secondary N) is 2. The second-order valence-electron chi connectivity index (χ2n) is 4.46. The standard InChI is InChI=1S/C14H20N2O2.ClH/c17-14(13-8-4-5-9-15-13)16-10-11-18-12-6-2-1-3-7-12;/h1-3,6-7,13,15H,4-5,8-11H2,(H,16,17);1H/t13-;/m0./s1. The van der Waals surface area contributed by atoms with Crippen LogP contribution < -0.4 is 15.4 Å². The number of ether oxygens (including phenoxy) is 1. The second kappa shape index (κ2) is 8.77. The third kappa shape index (κ3) is 5.49. The highest BCUT2D eigenvalue weighted by Crippen LogP contribution is 2.08. The summed E-state index contributed by atoms with van der Waals surface area (Å²) in [7, 11) is 0. The Balaban J connectivity index is 0.00000180. The fourth-order valence-corrected chi connectivity index (χ4v) is 2.06. The number of benzene rings is 1. The van der Waals surface area contributed by atoms with Gasteiger partial charge in [-0.2, -0.15) is 0 Å². The predicted octanol–water partition coefficient (Wildman–Crippen LogP) is 1.75. The summed E-state index contributed by atoms with van der Waals surface area (Å²) in [6.45, 7) is 1.99. The summed E-state index contributed by atoms with van der Waals surface area (Å²) in [5.74, 6) is 0.925. The van der Waals surface area contributed by atoms with E-state index in [2.05, 4.69) is 10.6 Å². The van der Waals surface area contributed by atoms with Crippen molar-refractivity contribution in [3.8, 4) is 5.75 Å². The van der Waals surface area contributed by atoms with Gasteiger partial charge in [0.05, 0.1) is 12.6 Å². The molecule has 0 aliphatic carbocycles. The van der Waals surface area contributed by atoms with Gasteiger partial charge in [-0.25, -0.2) is 0 Å². The number of amides is 1. The van der Waals surface area contributed by atoms with Crippen LogP contribution in [-0.4, -0.2) is 31.6 Å². The van der Waals surface area contributed by atoms with Gasteiger partial charge < -0.3 is 15.4 Å². The smallest absolute Gasteiger partial charge is 0.237 e. The molecule has 2 rings (SSSR count). The molecule has 1 aromatic rings. The quantitative estimate of drug-likeness (QED) is 0.810. The number of hydrogen-bond acceptors (Lipinski definition) is 3. The summed E-state index contributed by atoms with van der Waals surface area (Å²) in [4.78, 5) is 11.8. The number of para-hydroxylation sites is 1. The zero-order valence-electron chi connectivity index (χ0n) is 10.9. The summed E-state index contributed by atoms with van der Waals surface area (Å²) >= 11 is 0. The normalized spacial score (nSPS) is 18.2. The molecule has 0 bridgehead atoms. The van der Waals surface area contributed by atoms with Gasteiger partial charge in [0.15, 0.2) is 0 Å². The van der Waals surface area contributed by atoms with Crippen molar-refractivity contribution >= 4 is 18.3 Å². The van der Waals surface area contributed by atoms with E-state index in [-0.39, 0.29) is 24.4 Å². The second-order valence-corrected chi connectivity index (χ2v) is 4.46. The maximum atomic E-state index is 11.8. The van der Waals surface area contributed by atoms with Gasteiger partial charge in [-0.05, 0) is 31.5 Å². The molecule has 1 fully saturated rings. The van der Waals surface area contributed by atoms with Crippen molar-refractivity contribution in [3.63, 3.8) is 0 Å². The van der Waals surface area contributed by atoms with E-state index in [1.807, 2.05) is 30.3 Å². The minimum Gasteiger partial charge on any atom is -0.492 e. The van der Waals surface area contributed by atoms with Crippen molar-refractivity contribution in [2.45, 2.75) is 25.3 Å². The summed E-state index contributed by atoms with van der Waals surface area (Å²) in [5.41, 5.74) is 0.